The van der Waals surface area contributed by atoms with Crippen molar-refractivity contribution < 1.29 is 80.2 Å². The van der Waals surface area contributed by atoms with Crippen LogP contribution in [-0.4, -0.2) is 96.7 Å². The molecule has 0 aliphatic carbocycles. The van der Waals surface area contributed by atoms with Crippen LogP contribution in [0.3, 0.4) is 0 Å². The fraction of sp³-hybridized carbons (Fsp3) is 0.573. The molecule has 19 heteroatoms. The third-order valence-electron chi connectivity index (χ3n) is 15.7. The van der Waals surface area contributed by atoms with E-state index < -0.39 is 97.5 Å². The van der Waals surface area contributed by atoms with Crippen LogP contribution in [0, 0.1) is 0 Å². The second kappa shape index (κ2) is 78.8. The van der Waals surface area contributed by atoms with E-state index in [0.29, 0.717) is 32.1 Å². The summed E-state index contributed by atoms with van der Waals surface area (Å²) < 4.78 is 68.6. The normalized spacial score (nSPS) is 14.9. The molecule has 0 saturated heterocycles. The summed E-state index contributed by atoms with van der Waals surface area (Å²) in [6.45, 7) is 4.24. The number of aliphatic hydroxyl groups excluding tert-OH is 1. The maximum absolute atomic E-state index is 13.1. The number of allylic oxidation sites excluding steroid dienone is 34. The molecule has 0 spiro atoms. The number of hydrogen-bond donors (Lipinski definition) is 3. The molecule has 0 amide bonds. The lowest BCUT2D eigenvalue weighted by atomic mass is 10.1. The molecule has 0 aliphatic heterocycles. The number of carbonyl (C=O) groups is 4. The summed E-state index contributed by atoms with van der Waals surface area (Å²) in [4.78, 5) is 73.1. The second-order valence-electron chi connectivity index (χ2n) is 25.8. The molecule has 0 bridgehead atoms. The summed E-state index contributed by atoms with van der Waals surface area (Å²) in [5.74, 6) is -2.34. The van der Waals surface area contributed by atoms with E-state index in [2.05, 4.69) is 234 Å². The Balaban J connectivity index is 5.51. The SMILES string of the molecule is CC/C=C\C/C=C\C/C=C\C/C=C\C/C=C\CCCCCC(=O)OCC(COP(=O)(O)OCC(O)COP(=O)(O)OCC(COC(=O)CCCCCC/C=C\C/C=C\C/C=C\C/C=C\CC)OC(=O)CCCC/C=C\C/C=C\C/C=C\C/C=C\CC)OC(=O)CCCCCC/C=C\C/C=C\C/C=C\C/C=C\CC. The Hall–Kier alpha value is -6.36. The Morgan fingerprint density at radius 1 is 0.259 bits per heavy atom. The quantitative estimate of drug-likeness (QED) is 0.0169. The van der Waals surface area contributed by atoms with Crippen molar-refractivity contribution in [2.45, 2.75) is 290 Å². The van der Waals surface area contributed by atoms with Gasteiger partial charge >= 0.3 is 39.5 Å². The zero-order valence-electron chi connectivity index (χ0n) is 66.4. The Morgan fingerprint density at radius 2 is 0.454 bits per heavy atom. The van der Waals surface area contributed by atoms with Crippen LogP contribution in [0.15, 0.2) is 207 Å². The number of carbonyl (C=O) groups excluding carboxylic acids is 4. The number of unbranched alkanes of at least 4 members (excludes halogenated alkanes) is 13. The zero-order chi connectivity index (χ0) is 78.9. The van der Waals surface area contributed by atoms with Crippen LogP contribution in [0.2, 0.25) is 0 Å². The Bertz CT molecular complexity index is 2860. The van der Waals surface area contributed by atoms with Gasteiger partial charge in [0.25, 0.3) is 0 Å². The summed E-state index contributed by atoms with van der Waals surface area (Å²) >= 11 is 0. The first kappa shape index (κ1) is 102. The van der Waals surface area contributed by atoms with E-state index >= 15 is 0 Å². The van der Waals surface area contributed by atoms with E-state index in [1.165, 1.54) is 0 Å². The summed E-state index contributed by atoms with van der Waals surface area (Å²) in [7, 11) is -10.0. The molecule has 17 nitrogen and oxygen atoms in total. The van der Waals surface area contributed by atoms with Crippen LogP contribution in [0.5, 0.6) is 0 Å². The van der Waals surface area contributed by atoms with Gasteiger partial charge in [0.2, 0.25) is 0 Å². The number of aliphatic hydroxyl groups is 1. The largest absolute Gasteiger partial charge is 0.472 e. The minimum atomic E-state index is -5.01. The predicted molar refractivity (Wildman–Crippen MR) is 445 cm³/mol. The molecule has 5 unspecified atom stereocenters. The molecular formula is C89H140O17P2. The van der Waals surface area contributed by atoms with Crippen LogP contribution >= 0.6 is 15.6 Å². The van der Waals surface area contributed by atoms with Gasteiger partial charge in [0.05, 0.1) is 26.4 Å². The first-order chi connectivity index (χ1) is 52.7. The van der Waals surface area contributed by atoms with Gasteiger partial charge in [0.15, 0.2) is 12.2 Å². The molecule has 0 saturated carbocycles. The first-order valence-electron chi connectivity index (χ1n) is 40.3. The average molecular weight is 1540 g/mol. The molecule has 0 aromatic heterocycles. The molecule has 0 radical (unpaired) electrons. The topological polar surface area (TPSA) is 237 Å². The summed E-state index contributed by atoms with van der Waals surface area (Å²) in [6.07, 6.45) is 98.1. The highest BCUT2D eigenvalue weighted by molar-refractivity contribution is 7.47. The van der Waals surface area contributed by atoms with Crippen molar-refractivity contribution in [3.05, 3.63) is 207 Å². The minimum Gasteiger partial charge on any atom is -0.462 e. The fourth-order valence-corrected chi connectivity index (χ4v) is 11.3. The maximum Gasteiger partial charge on any atom is 0.472 e. The van der Waals surface area contributed by atoms with Crippen molar-refractivity contribution in [1.82, 2.24) is 0 Å². The van der Waals surface area contributed by atoms with Crippen molar-refractivity contribution in [3.63, 3.8) is 0 Å². The van der Waals surface area contributed by atoms with Gasteiger partial charge in [-0.2, -0.15) is 0 Å². The minimum absolute atomic E-state index is 0.0271. The molecule has 5 atom stereocenters. The number of rotatable bonds is 73. The van der Waals surface area contributed by atoms with Crippen molar-refractivity contribution in [3.8, 4) is 0 Å². The highest BCUT2D eigenvalue weighted by Gasteiger charge is 2.30. The lowest BCUT2D eigenvalue weighted by molar-refractivity contribution is -0.161. The molecule has 0 heterocycles. The summed E-state index contributed by atoms with van der Waals surface area (Å²) in [5.41, 5.74) is 0. The standard InChI is InChI=1S/C89H140O17P2/c1-5-9-13-17-21-25-29-33-37-40-41-44-47-50-54-58-62-66-70-74-87(92)100-80-85(106-89(94)76-72-68-64-60-56-52-48-43-39-35-31-27-23-19-15-11-7-3)82-104-108(97,98)102-78-83(90)77-101-107(95,96)103-81-84(105-88(93)75-71-67-63-59-55-51-45-36-32-28-24-20-16-12-8-4)79-99-86(91)73-69-65-61-57-53-49-46-42-38-34-30-26-22-18-14-10-6-2/h9-16,21-28,33-39,41,44-46,48-50,52,54-55,59,83-85,90H,5-8,17-20,29-32,40,42-43,47,51,53,56-58,60-82H2,1-4H3,(H,95,96)(H,97,98)/b13-9-,14-10-,15-11-,16-12-,25-21-,26-22-,27-23-,28-24-,37-33-,38-34-,39-35-,44-41-,45-36-,49-46-,52-48-,54-50-,59-55-. The molecule has 108 heavy (non-hydrogen) atoms. The van der Waals surface area contributed by atoms with Gasteiger partial charge in [-0.25, -0.2) is 9.13 Å². The van der Waals surface area contributed by atoms with Crippen LogP contribution in [-0.2, 0) is 65.4 Å². The van der Waals surface area contributed by atoms with Gasteiger partial charge < -0.3 is 33.8 Å². The van der Waals surface area contributed by atoms with Crippen molar-refractivity contribution in [2.75, 3.05) is 39.6 Å². The smallest absolute Gasteiger partial charge is 0.462 e. The molecule has 0 aliphatic rings. The maximum atomic E-state index is 13.1. The Kier molecular flexibility index (Phi) is 74.1. The third-order valence-corrected chi connectivity index (χ3v) is 17.6. The van der Waals surface area contributed by atoms with Crippen LogP contribution in [0.4, 0.5) is 0 Å². The number of ether oxygens (including phenoxy) is 4. The zero-order valence-corrected chi connectivity index (χ0v) is 68.2. The average Bonchev–Trinajstić information content (AvgIpc) is 0.906. The van der Waals surface area contributed by atoms with Crippen LogP contribution in [0.25, 0.3) is 0 Å². The van der Waals surface area contributed by atoms with Gasteiger partial charge in [-0.3, -0.25) is 37.3 Å². The van der Waals surface area contributed by atoms with Crippen molar-refractivity contribution >= 4 is 39.5 Å². The van der Waals surface area contributed by atoms with Gasteiger partial charge in [0, 0.05) is 25.7 Å². The van der Waals surface area contributed by atoms with Crippen molar-refractivity contribution in [2.24, 2.45) is 0 Å². The summed E-state index contributed by atoms with van der Waals surface area (Å²) in [5, 5.41) is 10.7. The van der Waals surface area contributed by atoms with Gasteiger partial charge in [0.1, 0.15) is 19.3 Å². The second-order valence-corrected chi connectivity index (χ2v) is 28.7. The van der Waals surface area contributed by atoms with E-state index in [4.69, 9.17) is 37.0 Å². The lowest BCUT2D eigenvalue weighted by Gasteiger charge is -2.21. The molecular weight excluding hydrogens is 1400 g/mol. The molecule has 0 aromatic rings. The highest BCUT2D eigenvalue weighted by Crippen LogP contribution is 2.45. The monoisotopic (exact) mass is 1540 g/mol. The molecule has 0 fully saturated rings. The third kappa shape index (κ3) is 77.8. The lowest BCUT2D eigenvalue weighted by Crippen LogP contribution is -2.30. The number of esters is 4. The van der Waals surface area contributed by atoms with Gasteiger partial charge in [-0.1, -0.05) is 266 Å². The fourth-order valence-electron chi connectivity index (χ4n) is 9.75. The van der Waals surface area contributed by atoms with Gasteiger partial charge in [-0.05, 0) is 186 Å². The first-order valence-corrected chi connectivity index (χ1v) is 43.3. The van der Waals surface area contributed by atoms with Crippen LogP contribution < -0.4 is 0 Å². The predicted octanol–water partition coefficient (Wildman–Crippen LogP) is 23.9. The van der Waals surface area contributed by atoms with Crippen LogP contribution in [0.1, 0.15) is 272 Å². The molecule has 608 valence electrons. The van der Waals surface area contributed by atoms with E-state index in [1.54, 1.807) is 0 Å². The van der Waals surface area contributed by atoms with E-state index in [1.807, 2.05) is 0 Å². The number of phosphoric acid groups is 2. The summed E-state index contributed by atoms with van der Waals surface area (Å²) in [6, 6.07) is 0. The Morgan fingerprint density at radius 3 is 0.713 bits per heavy atom. The molecule has 0 rings (SSSR count). The van der Waals surface area contributed by atoms with E-state index in [0.717, 1.165) is 186 Å². The Labute approximate surface area is 652 Å². The number of phosphoric ester groups is 2. The van der Waals surface area contributed by atoms with E-state index in [-0.39, 0.29) is 25.7 Å². The molecule has 3 N–H and O–H groups in total. The highest BCUT2D eigenvalue weighted by atomic mass is 31.2. The number of hydrogen-bond acceptors (Lipinski definition) is 15. The van der Waals surface area contributed by atoms with Gasteiger partial charge in [-0.15, -0.1) is 0 Å². The molecule has 0 aromatic carbocycles. The van der Waals surface area contributed by atoms with E-state index in [9.17, 15) is 43.2 Å². The van der Waals surface area contributed by atoms with Crippen molar-refractivity contribution in [1.29, 1.82) is 0 Å².